The van der Waals surface area contributed by atoms with Crippen LogP contribution in [0, 0.1) is 5.92 Å². The van der Waals surface area contributed by atoms with Crippen molar-refractivity contribution in [2.24, 2.45) is 5.92 Å². The smallest absolute Gasteiger partial charge is 0.249 e. The summed E-state index contributed by atoms with van der Waals surface area (Å²) in [6.07, 6.45) is 4.21. The van der Waals surface area contributed by atoms with E-state index in [2.05, 4.69) is 15.6 Å². The second-order valence-corrected chi connectivity index (χ2v) is 6.73. The molecule has 2 N–H and O–H groups in total. The van der Waals surface area contributed by atoms with Crippen molar-refractivity contribution < 1.29 is 9.59 Å². The molecule has 1 aromatic heterocycles. The van der Waals surface area contributed by atoms with Crippen LogP contribution in [0.1, 0.15) is 32.6 Å². The van der Waals surface area contributed by atoms with Gasteiger partial charge in [0.15, 0.2) is 5.13 Å². The molecule has 0 radical (unpaired) electrons. The summed E-state index contributed by atoms with van der Waals surface area (Å²) in [6, 6.07) is 7.30. The number of para-hydroxylation sites is 1. The fourth-order valence-electron chi connectivity index (χ4n) is 3.02. The van der Waals surface area contributed by atoms with Gasteiger partial charge in [-0.15, -0.1) is 0 Å². The van der Waals surface area contributed by atoms with Gasteiger partial charge >= 0.3 is 0 Å². The number of hydrogen-bond donors (Lipinski definition) is 2. The van der Waals surface area contributed by atoms with Crippen LogP contribution in [0.4, 0.5) is 5.13 Å². The molecule has 0 spiro atoms. The molecule has 22 heavy (non-hydrogen) atoms. The van der Waals surface area contributed by atoms with Crippen LogP contribution in [0.15, 0.2) is 24.3 Å². The first-order valence-corrected chi connectivity index (χ1v) is 8.38. The summed E-state index contributed by atoms with van der Waals surface area (Å²) < 4.78 is 1.04. The lowest BCUT2D eigenvalue weighted by Gasteiger charge is -2.22. The monoisotopic (exact) mass is 317 g/mol. The predicted octanol–water partition coefficient (Wildman–Crippen LogP) is 2.93. The van der Waals surface area contributed by atoms with E-state index in [0.717, 1.165) is 35.9 Å². The van der Waals surface area contributed by atoms with E-state index in [-0.39, 0.29) is 17.7 Å². The Morgan fingerprint density at radius 1 is 1.27 bits per heavy atom. The van der Waals surface area contributed by atoms with E-state index in [1.807, 2.05) is 24.3 Å². The summed E-state index contributed by atoms with van der Waals surface area (Å²) in [6.45, 7) is 1.45. The number of hydrogen-bond acceptors (Lipinski definition) is 4. The third kappa shape index (κ3) is 3.27. The van der Waals surface area contributed by atoms with Crippen LogP contribution in [0.5, 0.6) is 0 Å². The van der Waals surface area contributed by atoms with Crippen LogP contribution in [-0.2, 0) is 9.59 Å². The number of fused-ring (bicyclic) bond motifs is 1. The maximum Gasteiger partial charge on any atom is 0.249 e. The average molecular weight is 317 g/mol. The molecule has 0 aliphatic heterocycles. The molecule has 1 aliphatic rings. The Morgan fingerprint density at radius 2 is 2.00 bits per heavy atom. The molecule has 0 unspecified atom stereocenters. The van der Waals surface area contributed by atoms with Crippen LogP contribution in [0.3, 0.4) is 0 Å². The Balaban J connectivity index is 1.75. The van der Waals surface area contributed by atoms with Crippen molar-refractivity contribution in [3.05, 3.63) is 24.3 Å². The number of benzene rings is 1. The minimum atomic E-state index is -0.466. The summed E-state index contributed by atoms with van der Waals surface area (Å²) in [7, 11) is 0. The fraction of sp³-hybridized carbons (Fsp3) is 0.438. The first-order chi connectivity index (χ1) is 10.6. The minimum absolute atomic E-state index is 0.166. The van der Waals surface area contributed by atoms with Gasteiger partial charge in [-0.3, -0.25) is 9.59 Å². The Bertz CT molecular complexity index is 659. The van der Waals surface area contributed by atoms with Gasteiger partial charge in [0.05, 0.1) is 10.2 Å². The van der Waals surface area contributed by atoms with Crippen molar-refractivity contribution >= 4 is 38.5 Å². The lowest BCUT2D eigenvalue weighted by molar-refractivity contribution is -0.126. The Kier molecular flexibility index (Phi) is 4.38. The van der Waals surface area contributed by atoms with Gasteiger partial charge in [0.1, 0.15) is 6.04 Å². The lowest BCUT2D eigenvalue weighted by Crippen LogP contribution is -2.47. The first-order valence-electron chi connectivity index (χ1n) is 7.57. The van der Waals surface area contributed by atoms with Crippen LogP contribution < -0.4 is 10.6 Å². The van der Waals surface area contributed by atoms with E-state index in [1.54, 1.807) is 0 Å². The van der Waals surface area contributed by atoms with Gasteiger partial charge in [0.25, 0.3) is 0 Å². The largest absolute Gasteiger partial charge is 0.344 e. The standard InChI is InChI=1S/C16H19N3O2S/c1-10(20)17-14(11-6-2-3-7-11)15(21)19-16-18-12-8-4-5-9-13(12)22-16/h4-5,8-9,11,14H,2-3,6-7H2,1H3,(H,17,20)(H,18,19,21)/t14-/m1/s1. The van der Waals surface area contributed by atoms with Crippen molar-refractivity contribution in [3.8, 4) is 0 Å². The number of anilines is 1. The highest BCUT2D eigenvalue weighted by Gasteiger charge is 2.31. The third-order valence-electron chi connectivity index (χ3n) is 4.04. The summed E-state index contributed by atoms with van der Waals surface area (Å²) >= 11 is 1.45. The summed E-state index contributed by atoms with van der Waals surface area (Å²) in [5.41, 5.74) is 0.875. The lowest BCUT2D eigenvalue weighted by atomic mass is 9.97. The molecule has 5 nitrogen and oxygen atoms in total. The van der Waals surface area contributed by atoms with E-state index in [0.29, 0.717) is 5.13 Å². The molecule has 1 atom stereocenters. The molecule has 0 saturated heterocycles. The molecule has 2 amide bonds. The highest BCUT2D eigenvalue weighted by Crippen LogP contribution is 2.30. The predicted molar refractivity (Wildman–Crippen MR) is 87.8 cm³/mol. The first kappa shape index (κ1) is 15.0. The van der Waals surface area contributed by atoms with E-state index < -0.39 is 6.04 Å². The van der Waals surface area contributed by atoms with Gasteiger partial charge in [-0.25, -0.2) is 4.98 Å². The molecule has 3 rings (SSSR count). The van der Waals surface area contributed by atoms with Crippen molar-refractivity contribution in [2.45, 2.75) is 38.6 Å². The third-order valence-corrected chi connectivity index (χ3v) is 4.99. The molecule has 1 aromatic carbocycles. The van der Waals surface area contributed by atoms with Gasteiger partial charge < -0.3 is 10.6 Å². The summed E-state index contributed by atoms with van der Waals surface area (Å²) in [4.78, 5) is 28.4. The van der Waals surface area contributed by atoms with Gasteiger partial charge in [-0.1, -0.05) is 36.3 Å². The Morgan fingerprint density at radius 3 is 2.68 bits per heavy atom. The number of aromatic nitrogens is 1. The van der Waals surface area contributed by atoms with E-state index >= 15 is 0 Å². The summed E-state index contributed by atoms with van der Waals surface area (Å²) in [5, 5.41) is 6.25. The number of rotatable bonds is 4. The maximum absolute atomic E-state index is 12.6. The quantitative estimate of drug-likeness (QED) is 0.911. The van der Waals surface area contributed by atoms with E-state index in [1.165, 1.54) is 18.3 Å². The second-order valence-electron chi connectivity index (χ2n) is 5.70. The van der Waals surface area contributed by atoms with Gasteiger partial charge in [-0.2, -0.15) is 0 Å². The van der Waals surface area contributed by atoms with Crippen molar-refractivity contribution in [3.63, 3.8) is 0 Å². The summed E-state index contributed by atoms with van der Waals surface area (Å²) in [5.74, 6) is -0.115. The number of carbonyl (C=O) groups excluding carboxylic acids is 2. The van der Waals surface area contributed by atoms with E-state index in [4.69, 9.17) is 0 Å². The van der Waals surface area contributed by atoms with Gasteiger partial charge in [0.2, 0.25) is 11.8 Å². The Labute approximate surface area is 133 Å². The number of thiazole rings is 1. The van der Waals surface area contributed by atoms with Crippen molar-refractivity contribution in [1.82, 2.24) is 10.3 Å². The average Bonchev–Trinajstić information content (AvgIpc) is 3.13. The fourth-order valence-corrected chi connectivity index (χ4v) is 3.88. The van der Waals surface area contributed by atoms with E-state index in [9.17, 15) is 9.59 Å². The van der Waals surface area contributed by atoms with Crippen LogP contribution >= 0.6 is 11.3 Å². The van der Waals surface area contributed by atoms with Crippen molar-refractivity contribution in [1.29, 1.82) is 0 Å². The minimum Gasteiger partial charge on any atom is -0.344 e. The molecular formula is C16H19N3O2S. The second kappa shape index (κ2) is 6.44. The molecule has 1 saturated carbocycles. The maximum atomic E-state index is 12.6. The molecule has 1 fully saturated rings. The van der Waals surface area contributed by atoms with Gasteiger partial charge in [-0.05, 0) is 30.9 Å². The zero-order valence-electron chi connectivity index (χ0n) is 12.5. The molecule has 1 heterocycles. The zero-order chi connectivity index (χ0) is 15.5. The van der Waals surface area contributed by atoms with Crippen LogP contribution in [0.2, 0.25) is 0 Å². The number of carbonyl (C=O) groups is 2. The molecule has 0 bridgehead atoms. The highest BCUT2D eigenvalue weighted by molar-refractivity contribution is 7.22. The molecule has 2 aromatic rings. The molecule has 1 aliphatic carbocycles. The molecule has 116 valence electrons. The topological polar surface area (TPSA) is 71.1 Å². The van der Waals surface area contributed by atoms with Crippen molar-refractivity contribution in [2.75, 3.05) is 5.32 Å². The van der Waals surface area contributed by atoms with Crippen LogP contribution in [-0.4, -0.2) is 22.8 Å². The van der Waals surface area contributed by atoms with Crippen LogP contribution in [0.25, 0.3) is 10.2 Å². The SMILES string of the molecule is CC(=O)N[C@@H](C(=O)Nc1nc2ccccc2s1)C1CCCC1. The normalized spacial score (nSPS) is 16.6. The zero-order valence-corrected chi connectivity index (χ0v) is 13.3. The number of nitrogens with zero attached hydrogens (tertiary/aromatic N) is 1. The number of nitrogens with one attached hydrogen (secondary N) is 2. The van der Waals surface area contributed by atoms with Gasteiger partial charge in [0, 0.05) is 6.92 Å². The number of amides is 2. The molecular weight excluding hydrogens is 298 g/mol. The highest BCUT2D eigenvalue weighted by atomic mass is 32.1. The molecule has 6 heteroatoms. The Hall–Kier alpha value is -1.95.